The van der Waals surface area contributed by atoms with Gasteiger partial charge in [-0.2, -0.15) is 4.98 Å². The monoisotopic (exact) mass is 396 g/mol. The highest BCUT2D eigenvalue weighted by molar-refractivity contribution is 5.95. The topological polar surface area (TPSA) is 80.3 Å². The molecule has 9 heteroatoms. The van der Waals surface area contributed by atoms with Gasteiger partial charge in [0, 0.05) is 19.0 Å². The van der Waals surface area contributed by atoms with Crippen molar-refractivity contribution in [2.24, 2.45) is 0 Å². The van der Waals surface area contributed by atoms with Crippen LogP contribution in [0.25, 0.3) is 17.2 Å². The van der Waals surface area contributed by atoms with Crippen LogP contribution in [0.4, 0.5) is 14.9 Å². The smallest absolute Gasteiger partial charge is 0.324 e. The van der Waals surface area contributed by atoms with Gasteiger partial charge in [0.2, 0.25) is 11.7 Å². The molecular weight excluding hydrogens is 375 g/mol. The number of likely N-dealkylation sites (tertiary alicyclic amines) is 1. The molecule has 1 saturated heterocycles. The minimum atomic E-state index is -0.383. The zero-order valence-corrected chi connectivity index (χ0v) is 16.3. The third-order valence-corrected chi connectivity index (χ3v) is 5.42. The lowest BCUT2D eigenvalue weighted by Gasteiger charge is -2.33. The molecule has 1 aromatic carbocycles. The van der Waals surface area contributed by atoms with Crippen LogP contribution in [0.3, 0.4) is 0 Å². The molecule has 0 aliphatic carbocycles. The molecule has 4 heterocycles. The predicted octanol–water partition coefficient (Wildman–Crippen LogP) is 3.72. The first-order valence-corrected chi connectivity index (χ1v) is 9.79. The lowest BCUT2D eigenvalue weighted by molar-refractivity contribution is 0.214. The zero-order valence-electron chi connectivity index (χ0n) is 16.3. The van der Waals surface area contributed by atoms with E-state index in [1.54, 1.807) is 17.3 Å². The third-order valence-electron chi connectivity index (χ3n) is 5.42. The van der Waals surface area contributed by atoms with Gasteiger partial charge in [0.25, 0.3) is 0 Å². The summed E-state index contributed by atoms with van der Waals surface area (Å²) in [6.07, 6.45) is 3.63. The fraction of sp³-hybridized carbons (Fsp3) is 0.400. The first-order chi connectivity index (χ1) is 14.0. The van der Waals surface area contributed by atoms with Gasteiger partial charge in [-0.05, 0) is 31.0 Å². The Morgan fingerprint density at radius 3 is 2.72 bits per heavy atom. The number of imidazole rings is 1. The molecule has 2 aromatic heterocycles. The fourth-order valence-electron chi connectivity index (χ4n) is 3.89. The van der Waals surface area contributed by atoms with Gasteiger partial charge in [0.1, 0.15) is 17.8 Å². The van der Waals surface area contributed by atoms with Crippen molar-refractivity contribution in [2.75, 3.05) is 18.0 Å². The summed E-state index contributed by atoms with van der Waals surface area (Å²) in [5.74, 6) is 0.643. The number of nitrogens with zero attached hydrogens (tertiary/aromatic N) is 6. The van der Waals surface area contributed by atoms with Crippen molar-refractivity contribution in [3.05, 3.63) is 41.9 Å². The van der Waals surface area contributed by atoms with Gasteiger partial charge < -0.3 is 9.42 Å². The molecule has 1 fully saturated rings. The van der Waals surface area contributed by atoms with E-state index in [4.69, 9.17) is 4.52 Å². The number of benzene rings is 1. The maximum atomic E-state index is 14.0. The Kier molecular flexibility index (Phi) is 4.11. The van der Waals surface area contributed by atoms with E-state index in [1.807, 2.05) is 23.3 Å². The van der Waals surface area contributed by atoms with E-state index in [-0.39, 0.29) is 24.3 Å². The first kappa shape index (κ1) is 17.8. The standard InChI is InChI=1S/C20H21FN6O2/c1-12(2)19-23-18(24-29-19)17-16-10-26(20(28)25-7-3-4-8-25)15-9-13(21)5-6-14(15)27(16)11-22-17/h5-6,9,11-12H,3-4,7-8,10H2,1-2H3. The second-order valence-corrected chi connectivity index (χ2v) is 7.72. The summed E-state index contributed by atoms with van der Waals surface area (Å²) in [6.45, 7) is 5.64. The van der Waals surface area contributed by atoms with Crippen LogP contribution in [0.5, 0.6) is 0 Å². The Morgan fingerprint density at radius 2 is 2.00 bits per heavy atom. The third kappa shape index (κ3) is 2.88. The van der Waals surface area contributed by atoms with Gasteiger partial charge in [-0.15, -0.1) is 0 Å². The summed E-state index contributed by atoms with van der Waals surface area (Å²) in [6, 6.07) is 4.33. The van der Waals surface area contributed by atoms with Crippen molar-refractivity contribution in [2.45, 2.75) is 39.2 Å². The van der Waals surface area contributed by atoms with E-state index >= 15 is 0 Å². The van der Waals surface area contributed by atoms with Gasteiger partial charge in [-0.1, -0.05) is 19.0 Å². The molecule has 0 atom stereocenters. The fourth-order valence-corrected chi connectivity index (χ4v) is 3.89. The van der Waals surface area contributed by atoms with Crippen LogP contribution in [-0.2, 0) is 6.54 Å². The van der Waals surface area contributed by atoms with Crippen molar-refractivity contribution in [1.29, 1.82) is 0 Å². The number of halogens is 1. The number of hydrogen-bond donors (Lipinski definition) is 0. The quantitative estimate of drug-likeness (QED) is 0.660. The van der Waals surface area contributed by atoms with Crippen LogP contribution in [0.15, 0.2) is 29.0 Å². The van der Waals surface area contributed by atoms with Crippen molar-refractivity contribution in [1.82, 2.24) is 24.6 Å². The number of urea groups is 1. The summed E-state index contributed by atoms with van der Waals surface area (Å²) in [5.41, 5.74) is 2.57. The summed E-state index contributed by atoms with van der Waals surface area (Å²) in [4.78, 5) is 25.6. The van der Waals surface area contributed by atoms with Gasteiger partial charge >= 0.3 is 6.03 Å². The van der Waals surface area contributed by atoms with E-state index in [0.29, 0.717) is 41.9 Å². The van der Waals surface area contributed by atoms with Crippen LogP contribution in [0.1, 0.15) is 44.2 Å². The Balaban J connectivity index is 1.61. The van der Waals surface area contributed by atoms with Crippen LogP contribution in [-0.4, -0.2) is 43.7 Å². The second-order valence-electron chi connectivity index (χ2n) is 7.72. The molecule has 2 aliphatic heterocycles. The van der Waals surface area contributed by atoms with Crippen LogP contribution >= 0.6 is 0 Å². The highest BCUT2D eigenvalue weighted by atomic mass is 19.1. The van der Waals surface area contributed by atoms with Crippen LogP contribution < -0.4 is 4.90 Å². The molecule has 0 spiro atoms. The van der Waals surface area contributed by atoms with Gasteiger partial charge in [0.05, 0.1) is 23.6 Å². The first-order valence-electron chi connectivity index (χ1n) is 9.79. The average molecular weight is 396 g/mol. The predicted molar refractivity (Wildman–Crippen MR) is 103 cm³/mol. The minimum Gasteiger partial charge on any atom is -0.339 e. The highest BCUT2D eigenvalue weighted by Gasteiger charge is 2.34. The molecular formula is C20H21FN6O2. The number of hydrogen-bond acceptors (Lipinski definition) is 5. The summed E-state index contributed by atoms with van der Waals surface area (Å²) in [5, 5.41) is 4.07. The molecule has 0 unspecified atom stereocenters. The van der Waals surface area contributed by atoms with Crippen LogP contribution in [0.2, 0.25) is 0 Å². The number of carbonyl (C=O) groups is 1. The lowest BCUT2D eigenvalue weighted by atomic mass is 10.1. The van der Waals surface area contributed by atoms with Gasteiger partial charge in [-0.3, -0.25) is 9.47 Å². The maximum absolute atomic E-state index is 14.0. The number of amides is 2. The maximum Gasteiger partial charge on any atom is 0.324 e. The Morgan fingerprint density at radius 1 is 1.21 bits per heavy atom. The van der Waals surface area contributed by atoms with E-state index in [1.165, 1.54) is 12.1 Å². The minimum absolute atomic E-state index is 0.103. The number of carbonyl (C=O) groups excluding carboxylic acids is 1. The number of rotatable bonds is 2. The van der Waals surface area contributed by atoms with E-state index < -0.39 is 0 Å². The Hall–Kier alpha value is -3.23. The largest absolute Gasteiger partial charge is 0.339 e. The SMILES string of the molecule is CC(C)c1nc(-c2ncn3c2CN(C(=O)N2CCCC2)c2cc(F)ccc2-3)no1. The molecule has 3 aromatic rings. The molecule has 0 N–H and O–H groups in total. The number of anilines is 1. The van der Waals surface area contributed by atoms with E-state index in [9.17, 15) is 9.18 Å². The van der Waals surface area contributed by atoms with Gasteiger partial charge in [0.15, 0.2) is 0 Å². The molecule has 0 bridgehead atoms. The number of fused-ring (bicyclic) bond motifs is 3. The molecule has 29 heavy (non-hydrogen) atoms. The summed E-state index contributed by atoms with van der Waals surface area (Å²) >= 11 is 0. The molecule has 2 aliphatic rings. The van der Waals surface area contributed by atoms with E-state index in [0.717, 1.165) is 18.5 Å². The Bertz CT molecular complexity index is 1080. The van der Waals surface area contributed by atoms with Crippen molar-refractivity contribution in [3.63, 3.8) is 0 Å². The normalized spacial score (nSPS) is 15.7. The van der Waals surface area contributed by atoms with Crippen molar-refractivity contribution >= 4 is 11.7 Å². The molecule has 0 saturated carbocycles. The molecule has 5 rings (SSSR count). The van der Waals surface area contributed by atoms with E-state index in [2.05, 4.69) is 15.1 Å². The summed E-state index contributed by atoms with van der Waals surface area (Å²) < 4.78 is 21.2. The lowest BCUT2D eigenvalue weighted by Crippen LogP contribution is -2.43. The molecule has 2 amide bonds. The molecule has 150 valence electrons. The second kappa shape index (κ2) is 6.68. The zero-order chi connectivity index (χ0) is 20.1. The molecule has 8 nitrogen and oxygen atoms in total. The highest BCUT2D eigenvalue weighted by Crippen LogP contribution is 2.37. The summed E-state index contributed by atoms with van der Waals surface area (Å²) in [7, 11) is 0. The van der Waals surface area contributed by atoms with Crippen LogP contribution in [0, 0.1) is 5.82 Å². The van der Waals surface area contributed by atoms with Crippen molar-refractivity contribution < 1.29 is 13.7 Å². The molecule has 0 radical (unpaired) electrons. The van der Waals surface area contributed by atoms with Crippen molar-refractivity contribution in [3.8, 4) is 17.2 Å². The average Bonchev–Trinajstić information content (AvgIpc) is 3.46. The number of aromatic nitrogens is 4. The van der Waals surface area contributed by atoms with Gasteiger partial charge in [-0.25, -0.2) is 14.2 Å². The Labute approximate surface area is 166 Å².